The summed E-state index contributed by atoms with van der Waals surface area (Å²) in [6, 6.07) is 0. The highest BCUT2D eigenvalue weighted by Crippen LogP contribution is 2.35. The van der Waals surface area contributed by atoms with Crippen molar-refractivity contribution in [2.45, 2.75) is 58.8 Å². The number of aromatic nitrogens is 2. The number of quaternary nitrogens is 1. The maximum atomic E-state index is 12.7. The van der Waals surface area contributed by atoms with Crippen molar-refractivity contribution in [1.82, 2.24) is 9.97 Å². The molecule has 0 amide bonds. The molecule has 0 bridgehead atoms. The Hall–Kier alpha value is -1.24. The number of ether oxygens (including phenoxy) is 1. The van der Waals surface area contributed by atoms with Gasteiger partial charge in [-0.1, -0.05) is 6.92 Å². The molecule has 3 heterocycles. The highest BCUT2D eigenvalue weighted by atomic mass is 32.1. The molecule has 2 aliphatic rings. The smallest absolute Gasteiger partial charge is 0.260 e. The van der Waals surface area contributed by atoms with E-state index < -0.39 is 0 Å². The van der Waals surface area contributed by atoms with Crippen LogP contribution in [-0.2, 0) is 24.1 Å². The van der Waals surface area contributed by atoms with E-state index >= 15 is 0 Å². The van der Waals surface area contributed by atoms with Crippen LogP contribution < -0.4 is 10.5 Å². The van der Waals surface area contributed by atoms with Crippen LogP contribution in [0.5, 0.6) is 0 Å². The Morgan fingerprint density at radius 2 is 2.04 bits per heavy atom. The molecule has 4 rings (SSSR count). The number of nitrogens with zero attached hydrogens (tertiary/aromatic N) is 1. The van der Waals surface area contributed by atoms with E-state index in [9.17, 15) is 4.79 Å². The van der Waals surface area contributed by atoms with Crippen molar-refractivity contribution in [3.8, 4) is 0 Å². The molecule has 1 unspecified atom stereocenters. The van der Waals surface area contributed by atoms with Crippen molar-refractivity contribution in [3.05, 3.63) is 26.6 Å². The average molecular weight is 348 g/mol. The minimum Gasteiger partial charge on any atom is -0.364 e. The second-order valence-electron chi connectivity index (χ2n) is 7.64. The molecule has 24 heavy (non-hydrogen) atoms. The van der Waals surface area contributed by atoms with Crippen LogP contribution in [0.25, 0.3) is 10.2 Å². The Kier molecular flexibility index (Phi) is 4.22. The number of H-pyrrole nitrogens is 1. The summed E-state index contributed by atoms with van der Waals surface area (Å²) >= 11 is 1.73. The number of morpholine rings is 1. The normalized spacial score (nSPS) is 30.5. The molecule has 1 aliphatic carbocycles. The van der Waals surface area contributed by atoms with Crippen LogP contribution in [0.15, 0.2) is 4.79 Å². The molecule has 5 nitrogen and oxygen atoms in total. The fourth-order valence-corrected chi connectivity index (χ4v) is 5.65. The van der Waals surface area contributed by atoms with E-state index in [1.54, 1.807) is 11.3 Å². The molecule has 0 spiro atoms. The molecule has 6 heteroatoms. The molecule has 1 saturated heterocycles. The summed E-state index contributed by atoms with van der Waals surface area (Å²) in [7, 11) is 0. The van der Waals surface area contributed by atoms with Gasteiger partial charge in [-0.3, -0.25) is 4.79 Å². The maximum Gasteiger partial charge on any atom is 0.260 e. The van der Waals surface area contributed by atoms with Gasteiger partial charge in [-0.05, 0) is 44.6 Å². The molecule has 2 N–H and O–H groups in total. The van der Waals surface area contributed by atoms with Gasteiger partial charge in [0.25, 0.3) is 5.56 Å². The monoisotopic (exact) mass is 348 g/mol. The zero-order chi connectivity index (χ0) is 16.8. The SMILES string of the molecule is C[C@@H]1CCc2c(sc3nc(C[NH+]4C[C@@H](C)O[C@@H](C)C4)[nH]c(=O)c23)C1. The number of thiophene rings is 1. The summed E-state index contributed by atoms with van der Waals surface area (Å²) < 4.78 is 5.80. The highest BCUT2D eigenvalue weighted by Gasteiger charge is 2.27. The molecule has 0 aromatic carbocycles. The Labute approximate surface area is 146 Å². The fourth-order valence-electron chi connectivity index (χ4n) is 4.25. The molecule has 1 aliphatic heterocycles. The van der Waals surface area contributed by atoms with Gasteiger partial charge in [-0.15, -0.1) is 11.3 Å². The minimum atomic E-state index is 0.0517. The van der Waals surface area contributed by atoms with Crippen molar-refractivity contribution in [3.63, 3.8) is 0 Å². The Bertz CT molecular complexity index is 802. The lowest BCUT2D eigenvalue weighted by Crippen LogP contribution is -3.14. The number of hydrogen-bond donors (Lipinski definition) is 2. The van der Waals surface area contributed by atoms with Gasteiger partial charge in [0.1, 0.15) is 36.7 Å². The van der Waals surface area contributed by atoms with Crippen molar-refractivity contribution in [2.24, 2.45) is 5.92 Å². The lowest BCUT2D eigenvalue weighted by atomic mass is 9.89. The number of rotatable bonds is 2. The lowest BCUT2D eigenvalue weighted by Gasteiger charge is -2.32. The van der Waals surface area contributed by atoms with Gasteiger partial charge in [0.15, 0.2) is 5.82 Å². The van der Waals surface area contributed by atoms with Gasteiger partial charge in [0.2, 0.25) is 0 Å². The molecule has 2 aromatic rings. The summed E-state index contributed by atoms with van der Waals surface area (Å²) in [6.07, 6.45) is 3.80. The quantitative estimate of drug-likeness (QED) is 0.860. The molecule has 4 atom stereocenters. The predicted octanol–water partition coefficient (Wildman–Crippen LogP) is 1.30. The zero-order valence-electron chi connectivity index (χ0n) is 14.6. The van der Waals surface area contributed by atoms with Crippen LogP contribution in [0, 0.1) is 5.92 Å². The summed E-state index contributed by atoms with van der Waals surface area (Å²) in [5.41, 5.74) is 1.31. The van der Waals surface area contributed by atoms with E-state index in [-0.39, 0.29) is 17.8 Å². The van der Waals surface area contributed by atoms with Gasteiger partial charge in [0, 0.05) is 4.88 Å². The summed E-state index contributed by atoms with van der Waals surface area (Å²) in [5.74, 6) is 1.53. The number of nitrogens with one attached hydrogen (secondary N) is 2. The van der Waals surface area contributed by atoms with Crippen LogP contribution in [0.1, 0.15) is 43.5 Å². The summed E-state index contributed by atoms with van der Waals surface area (Å²) in [6.45, 7) is 9.21. The molecule has 130 valence electrons. The first-order valence-electron chi connectivity index (χ1n) is 9.02. The number of hydrogen-bond acceptors (Lipinski definition) is 4. The maximum absolute atomic E-state index is 12.7. The molecular weight excluding hydrogens is 322 g/mol. The van der Waals surface area contributed by atoms with E-state index in [0.29, 0.717) is 5.92 Å². The second kappa shape index (κ2) is 6.24. The van der Waals surface area contributed by atoms with Crippen LogP contribution in [-0.4, -0.2) is 35.3 Å². The van der Waals surface area contributed by atoms with E-state index in [4.69, 9.17) is 9.72 Å². The first-order chi connectivity index (χ1) is 11.5. The summed E-state index contributed by atoms with van der Waals surface area (Å²) in [5, 5.41) is 0.851. The van der Waals surface area contributed by atoms with E-state index in [1.165, 1.54) is 21.8 Å². The van der Waals surface area contributed by atoms with Crippen molar-refractivity contribution < 1.29 is 9.64 Å². The van der Waals surface area contributed by atoms with Crippen LogP contribution in [0.2, 0.25) is 0 Å². The molecule has 2 aromatic heterocycles. The minimum absolute atomic E-state index is 0.0517. The average Bonchev–Trinajstić information content (AvgIpc) is 2.83. The molecular formula is C18H26N3O2S+. The predicted molar refractivity (Wildman–Crippen MR) is 95.8 cm³/mol. The van der Waals surface area contributed by atoms with Crippen molar-refractivity contribution in [1.29, 1.82) is 0 Å². The van der Waals surface area contributed by atoms with Gasteiger partial charge in [-0.25, -0.2) is 4.98 Å². The van der Waals surface area contributed by atoms with Gasteiger partial charge in [0.05, 0.1) is 5.39 Å². The third-order valence-electron chi connectivity index (χ3n) is 5.25. The Balaban J connectivity index is 1.65. The first kappa shape index (κ1) is 16.2. The number of fused-ring (bicyclic) bond motifs is 3. The zero-order valence-corrected chi connectivity index (χ0v) is 15.5. The third-order valence-corrected chi connectivity index (χ3v) is 6.40. The van der Waals surface area contributed by atoms with Crippen LogP contribution >= 0.6 is 11.3 Å². The summed E-state index contributed by atoms with van der Waals surface area (Å²) in [4.78, 5) is 24.3. The largest absolute Gasteiger partial charge is 0.364 e. The van der Waals surface area contributed by atoms with Crippen molar-refractivity contribution in [2.75, 3.05) is 13.1 Å². The molecule has 1 fully saturated rings. The van der Waals surface area contributed by atoms with Crippen LogP contribution in [0.4, 0.5) is 0 Å². The Morgan fingerprint density at radius 1 is 1.29 bits per heavy atom. The van der Waals surface area contributed by atoms with Crippen LogP contribution in [0.3, 0.4) is 0 Å². The molecule has 0 radical (unpaired) electrons. The van der Waals surface area contributed by atoms with Crippen molar-refractivity contribution >= 4 is 21.6 Å². The topological polar surface area (TPSA) is 59.4 Å². The van der Waals surface area contributed by atoms with E-state index in [1.807, 2.05) is 0 Å². The lowest BCUT2D eigenvalue weighted by molar-refractivity contribution is -0.928. The highest BCUT2D eigenvalue weighted by molar-refractivity contribution is 7.18. The number of aromatic amines is 1. The van der Waals surface area contributed by atoms with Gasteiger partial charge in [-0.2, -0.15) is 0 Å². The second-order valence-corrected chi connectivity index (χ2v) is 8.72. The fraction of sp³-hybridized carbons (Fsp3) is 0.667. The third kappa shape index (κ3) is 3.03. The first-order valence-corrected chi connectivity index (χ1v) is 9.83. The van der Waals surface area contributed by atoms with E-state index in [0.717, 1.165) is 48.5 Å². The molecule has 0 saturated carbocycles. The Morgan fingerprint density at radius 3 is 2.79 bits per heavy atom. The van der Waals surface area contributed by atoms with Gasteiger partial charge < -0.3 is 14.6 Å². The van der Waals surface area contributed by atoms with E-state index in [2.05, 4.69) is 25.8 Å². The van der Waals surface area contributed by atoms with Gasteiger partial charge >= 0.3 is 0 Å². The standard InChI is InChI=1S/C18H25N3O2S/c1-10-4-5-13-14(6-10)24-18-16(13)17(22)19-15(20-18)9-21-7-11(2)23-12(3)8-21/h10-12H,4-9H2,1-3H3,(H,19,20,22)/p+1/t10-,11-,12+/m1/s1. The number of aryl methyl sites for hydroxylation is 1.